The molecule has 1 saturated heterocycles. The highest BCUT2D eigenvalue weighted by Crippen LogP contribution is 2.37. The van der Waals surface area contributed by atoms with E-state index in [0.717, 1.165) is 35.0 Å². The maximum absolute atomic E-state index is 13.0. The van der Waals surface area contributed by atoms with Crippen molar-refractivity contribution >= 4 is 38.1 Å². The van der Waals surface area contributed by atoms with Crippen LogP contribution < -0.4 is 10.1 Å². The van der Waals surface area contributed by atoms with E-state index in [1.165, 1.54) is 4.31 Å². The van der Waals surface area contributed by atoms with Crippen LogP contribution in [0.15, 0.2) is 76.8 Å². The van der Waals surface area contributed by atoms with Crippen LogP contribution in [0.4, 0.5) is 18.9 Å². The summed E-state index contributed by atoms with van der Waals surface area (Å²) in [6.45, 7) is 0.216. The van der Waals surface area contributed by atoms with Crippen LogP contribution in [-0.4, -0.2) is 49.4 Å². The number of carbonyl (C=O) groups excluding carboxylic acids is 1. The summed E-state index contributed by atoms with van der Waals surface area (Å²) in [6.07, 6.45) is -4.03. The number of nitrogens with one attached hydrogen (secondary N) is 1. The lowest BCUT2D eigenvalue weighted by atomic mass is 9.87. The molecular formula is C25H22F3N3O5S. The highest BCUT2D eigenvalue weighted by atomic mass is 32.2. The summed E-state index contributed by atoms with van der Waals surface area (Å²) in [7, 11) is -3.94. The normalized spacial score (nSPS) is 17.9. The lowest BCUT2D eigenvalue weighted by Crippen LogP contribution is -2.47. The number of benzene rings is 3. The van der Waals surface area contributed by atoms with Gasteiger partial charge in [-0.25, -0.2) is 8.42 Å². The molecule has 0 aromatic heterocycles. The number of halogens is 3. The Morgan fingerprint density at radius 1 is 1.00 bits per heavy atom. The summed E-state index contributed by atoms with van der Waals surface area (Å²) in [6, 6.07) is 17.3. The quantitative estimate of drug-likeness (QED) is 0.514. The fourth-order valence-corrected chi connectivity index (χ4v) is 5.98. The predicted octanol–water partition coefficient (Wildman–Crippen LogP) is 4.68. The van der Waals surface area contributed by atoms with Gasteiger partial charge in [0, 0.05) is 43.4 Å². The Labute approximate surface area is 210 Å². The number of hydrogen-bond donors (Lipinski definition) is 1. The number of rotatable bonds is 5. The second-order valence-electron chi connectivity index (χ2n) is 8.89. The van der Waals surface area contributed by atoms with E-state index in [9.17, 15) is 26.4 Å². The fraction of sp³-hybridized carbons (Fsp3) is 0.280. The first-order valence-corrected chi connectivity index (χ1v) is 12.9. The number of sulfonamides is 1. The van der Waals surface area contributed by atoms with Gasteiger partial charge in [-0.1, -0.05) is 41.6 Å². The van der Waals surface area contributed by atoms with Gasteiger partial charge in [0.1, 0.15) is 17.1 Å². The van der Waals surface area contributed by atoms with Crippen LogP contribution >= 0.6 is 0 Å². The number of carbonyl (C=O) groups is 1. The van der Waals surface area contributed by atoms with Gasteiger partial charge in [-0.05, 0) is 35.7 Å². The molecule has 0 aliphatic carbocycles. The van der Waals surface area contributed by atoms with Crippen molar-refractivity contribution in [3.8, 4) is 5.75 Å². The molecule has 0 unspecified atom stereocenters. The van der Waals surface area contributed by atoms with E-state index in [-0.39, 0.29) is 36.0 Å². The van der Waals surface area contributed by atoms with Crippen molar-refractivity contribution in [2.45, 2.75) is 36.1 Å². The SMILES string of the molecule is O=C(Nc1cccc2ccccc12)C1=NOC2(CCN(S(=O)(=O)c3ccc(OC(F)(F)F)cc3)CC2)C1. The van der Waals surface area contributed by atoms with Crippen molar-refractivity contribution in [3.63, 3.8) is 0 Å². The molecule has 12 heteroatoms. The van der Waals surface area contributed by atoms with E-state index in [0.29, 0.717) is 18.5 Å². The van der Waals surface area contributed by atoms with Crippen molar-refractivity contribution in [1.82, 2.24) is 4.31 Å². The molecular weight excluding hydrogens is 511 g/mol. The Hall–Kier alpha value is -3.64. The van der Waals surface area contributed by atoms with Crippen LogP contribution in [0, 0.1) is 0 Å². The van der Waals surface area contributed by atoms with Gasteiger partial charge < -0.3 is 14.9 Å². The maximum Gasteiger partial charge on any atom is 0.573 e. The Morgan fingerprint density at radius 3 is 2.38 bits per heavy atom. The van der Waals surface area contributed by atoms with Crippen LogP contribution in [0.3, 0.4) is 0 Å². The molecule has 3 aromatic carbocycles. The van der Waals surface area contributed by atoms with Gasteiger partial charge in [-0.15, -0.1) is 13.2 Å². The molecule has 1 amide bonds. The number of piperidine rings is 1. The molecule has 0 atom stereocenters. The van der Waals surface area contributed by atoms with Gasteiger partial charge in [0.05, 0.1) is 4.90 Å². The van der Waals surface area contributed by atoms with Crippen LogP contribution in [0.5, 0.6) is 5.75 Å². The highest BCUT2D eigenvalue weighted by molar-refractivity contribution is 7.89. The Balaban J connectivity index is 1.20. The molecule has 0 saturated carbocycles. The predicted molar refractivity (Wildman–Crippen MR) is 130 cm³/mol. The van der Waals surface area contributed by atoms with Crippen LogP contribution in [0.2, 0.25) is 0 Å². The molecule has 1 spiro atoms. The minimum atomic E-state index is -4.87. The van der Waals surface area contributed by atoms with Crippen molar-refractivity contribution in [2.75, 3.05) is 18.4 Å². The standard InChI is InChI=1S/C25H22F3N3O5S/c26-25(27,28)35-18-8-10-19(11-9-18)37(33,34)31-14-12-24(13-15-31)16-22(30-36-24)23(32)29-21-7-3-5-17-4-1-2-6-20(17)21/h1-11H,12-16H2,(H,29,32). The maximum atomic E-state index is 13.0. The Morgan fingerprint density at radius 2 is 1.68 bits per heavy atom. The summed E-state index contributed by atoms with van der Waals surface area (Å²) in [4.78, 5) is 18.4. The number of oxime groups is 1. The van der Waals surface area contributed by atoms with E-state index in [4.69, 9.17) is 4.84 Å². The molecule has 2 aliphatic heterocycles. The molecule has 37 heavy (non-hydrogen) atoms. The third-order valence-electron chi connectivity index (χ3n) is 6.47. The average Bonchev–Trinajstić information content (AvgIpc) is 3.27. The van der Waals surface area contributed by atoms with Gasteiger partial charge >= 0.3 is 6.36 Å². The monoisotopic (exact) mass is 533 g/mol. The zero-order valence-electron chi connectivity index (χ0n) is 19.4. The zero-order valence-corrected chi connectivity index (χ0v) is 20.2. The van der Waals surface area contributed by atoms with Gasteiger partial charge in [-0.3, -0.25) is 4.79 Å². The molecule has 5 rings (SSSR count). The Kier molecular flexibility index (Phi) is 6.32. The first-order valence-electron chi connectivity index (χ1n) is 11.4. The Bertz CT molecular complexity index is 1460. The minimum absolute atomic E-state index is 0.108. The summed E-state index contributed by atoms with van der Waals surface area (Å²) in [5.74, 6) is -0.890. The number of hydrogen-bond acceptors (Lipinski definition) is 6. The topological polar surface area (TPSA) is 97.3 Å². The molecule has 0 bridgehead atoms. The number of nitrogens with zero attached hydrogens (tertiary/aromatic N) is 2. The van der Waals surface area contributed by atoms with Crippen molar-refractivity contribution in [2.24, 2.45) is 5.16 Å². The van der Waals surface area contributed by atoms with E-state index in [1.54, 1.807) is 6.07 Å². The van der Waals surface area contributed by atoms with Gasteiger partial charge in [0.15, 0.2) is 0 Å². The number of fused-ring (bicyclic) bond motifs is 1. The summed E-state index contributed by atoms with van der Waals surface area (Å²) < 4.78 is 68.1. The first-order chi connectivity index (χ1) is 17.5. The second-order valence-corrected chi connectivity index (χ2v) is 10.8. The average molecular weight is 534 g/mol. The number of amides is 1. The summed E-state index contributed by atoms with van der Waals surface area (Å²) in [5.41, 5.74) is 0.0887. The van der Waals surface area contributed by atoms with Crippen LogP contribution in [0.1, 0.15) is 19.3 Å². The summed E-state index contributed by atoms with van der Waals surface area (Å²) >= 11 is 0. The number of anilines is 1. The summed E-state index contributed by atoms with van der Waals surface area (Å²) in [5, 5.41) is 8.77. The third kappa shape index (κ3) is 5.25. The lowest BCUT2D eigenvalue weighted by molar-refractivity contribution is -0.274. The van der Waals surface area contributed by atoms with Crippen molar-refractivity contribution in [1.29, 1.82) is 0 Å². The fourth-order valence-electron chi connectivity index (χ4n) is 4.54. The number of ether oxygens (including phenoxy) is 1. The molecule has 8 nitrogen and oxygen atoms in total. The van der Waals surface area contributed by atoms with Crippen LogP contribution in [0.25, 0.3) is 10.8 Å². The van der Waals surface area contributed by atoms with Gasteiger partial charge in [0.25, 0.3) is 5.91 Å². The third-order valence-corrected chi connectivity index (χ3v) is 8.38. The van der Waals surface area contributed by atoms with Crippen molar-refractivity contribution < 1.29 is 36.0 Å². The molecule has 2 heterocycles. The smallest absolute Gasteiger partial charge is 0.406 e. The molecule has 194 valence electrons. The molecule has 2 aliphatic rings. The molecule has 0 radical (unpaired) electrons. The zero-order chi connectivity index (χ0) is 26.3. The highest BCUT2D eigenvalue weighted by Gasteiger charge is 2.46. The van der Waals surface area contributed by atoms with E-state index in [2.05, 4.69) is 15.2 Å². The van der Waals surface area contributed by atoms with E-state index >= 15 is 0 Å². The largest absolute Gasteiger partial charge is 0.573 e. The number of alkyl halides is 3. The van der Waals surface area contributed by atoms with Gasteiger partial charge in [0.2, 0.25) is 10.0 Å². The van der Waals surface area contributed by atoms with E-state index in [1.807, 2.05) is 36.4 Å². The first kappa shape index (κ1) is 25.0. The molecule has 1 N–H and O–H groups in total. The van der Waals surface area contributed by atoms with Crippen molar-refractivity contribution in [3.05, 3.63) is 66.7 Å². The van der Waals surface area contributed by atoms with Gasteiger partial charge in [-0.2, -0.15) is 4.31 Å². The second kappa shape index (κ2) is 9.34. The minimum Gasteiger partial charge on any atom is -0.406 e. The van der Waals surface area contributed by atoms with E-state index < -0.39 is 27.7 Å². The molecule has 3 aromatic rings. The van der Waals surface area contributed by atoms with Crippen LogP contribution in [-0.2, 0) is 19.7 Å². The molecule has 1 fully saturated rings. The lowest BCUT2D eigenvalue weighted by Gasteiger charge is -2.36.